The number of morpholine rings is 1. The first-order valence-corrected chi connectivity index (χ1v) is 11.8. The highest BCUT2D eigenvalue weighted by Gasteiger charge is 2.20. The number of pyridine rings is 1. The zero-order valence-electron chi connectivity index (χ0n) is 20.2. The van der Waals surface area contributed by atoms with Crippen LogP contribution in [-0.2, 0) is 16.1 Å². The Kier molecular flexibility index (Phi) is 7.14. The van der Waals surface area contributed by atoms with Gasteiger partial charge in [0.05, 0.1) is 38.0 Å². The van der Waals surface area contributed by atoms with E-state index in [1.165, 1.54) is 12.5 Å². The number of furan rings is 1. The van der Waals surface area contributed by atoms with Crippen molar-refractivity contribution < 1.29 is 27.8 Å². The van der Waals surface area contributed by atoms with E-state index in [1.54, 1.807) is 19.3 Å². The van der Waals surface area contributed by atoms with Crippen molar-refractivity contribution in [3.05, 3.63) is 72.3 Å². The normalized spacial score (nSPS) is 13.2. The van der Waals surface area contributed by atoms with Gasteiger partial charge in [-0.2, -0.15) is 5.26 Å². The molecule has 1 aromatic carbocycles. The number of nitriles is 1. The number of nitrogens with zero attached hydrogens (tertiary/aromatic N) is 4. The van der Waals surface area contributed by atoms with E-state index in [1.807, 2.05) is 30.3 Å². The molecular formula is C27H24N4O6. The lowest BCUT2D eigenvalue weighted by atomic mass is 10.0. The Bertz CT molecular complexity index is 1400. The molecule has 1 aliphatic heterocycles. The minimum Gasteiger partial charge on any atom is -0.472 e. The van der Waals surface area contributed by atoms with Crippen LogP contribution in [0.5, 0.6) is 5.88 Å². The Hall–Kier alpha value is -4.62. The van der Waals surface area contributed by atoms with Gasteiger partial charge in [-0.1, -0.05) is 12.1 Å². The Balaban J connectivity index is 1.45. The van der Waals surface area contributed by atoms with Gasteiger partial charge in [0.25, 0.3) is 0 Å². The molecule has 0 unspecified atom stereocenters. The molecule has 0 saturated carbocycles. The van der Waals surface area contributed by atoms with E-state index < -0.39 is 5.97 Å². The Morgan fingerprint density at radius 2 is 1.92 bits per heavy atom. The van der Waals surface area contributed by atoms with Crippen LogP contribution in [0.3, 0.4) is 0 Å². The van der Waals surface area contributed by atoms with E-state index >= 15 is 0 Å². The molecule has 1 aliphatic rings. The number of anilines is 1. The van der Waals surface area contributed by atoms with Gasteiger partial charge in [-0.3, -0.25) is 0 Å². The van der Waals surface area contributed by atoms with Crippen LogP contribution in [0.4, 0.5) is 5.69 Å². The van der Waals surface area contributed by atoms with Crippen LogP contribution in [0.25, 0.3) is 22.4 Å². The predicted molar refractivity (Wildman–Crippen MR) is 132 cm³/mol. The van der Waals surface area contributed by atoms with Gasteiger partial charge in [-0.05, 0) is 31.2 Å². The molecule has 37 heavy (non-hydrogen) atoms. The summed E-state index contributed by atoms with van der Waals surface area (Å²) in [6, 6.07) is 13.9. The van der Waals surface area contributed by atoms with Gasteiger partial charge < -0.3 is 27.9 Å². The first kappa shape index (κ1) is 24.1. The molecule has 0 radical (unpaired) electrons. The topological polar surface area (TPSA) is 124 Å². The van der Waals surface area contributed by atoms with Gasteiger partial charge in [0.1, 0.15) is 17.9 Å². The van der Waals surface area contributed by atoms with Gasteiger partial charge in [0.15, 0.2) is 12.3 Å². The van der Waals surface area contributed by atoms with E-state index in [0.29, 0.717) is 24.5 Å². The summed E-state index contributed by atoms with van der Waals surface area (Å²) in [5, 5.41) is 9.96. The maximum atomic E-state index is 11.9. The lowest BCUT2D eigenvalue weighted by molar-refractivity contribution is 0.0519. The van der Waals surface area contributed by atoms with Gasteiger partial charge in [0.2, 0.25) is 11.8 Å². The maximum absolute atomic E-state index is 11.9. The number of hydrogen-bond acceptors (Lipinski definition) is 10. The number of benzene rings is 1. The number of esters is 1. The van der Waals surface area contributed by atoms with Crippen molar-refractivity contribution in [1.29, 1.82) is 5.26 Å². The molecular weight excluding hydrogens is 476 g/mol. The summed E-state index contributed by atoms with van der Waals surface area (Å²) in [5.41, 5.74) is 4.21. The van der Waals surface area contributed by atoms with Crippen molar-refractivity contribution in [3.8, 4) is 34.3 Å². The van der Waals surface area contributed by atoms with E-state index in [4.69, 9.17) is 23.0 Å². The Labute approximate surface area is 213 Å². The predicted octanol–water partition coefficient (Wildman–Crippen LogP) is 4.46. The third-order valence-corrected chi connectivity index (χ3v) is 5.84. The zero-order valence-corrected chi connectivity index (χ0v) is 20.2. The molecule has 10 heteroatoms. The van der Waals surface area contributed by atoms with Crippen LogP contribution in [0.2, 0.25) is 0 Å². The summed E-state index contributed by atoms with van der Waals surface area (Å²) < 4.78 is 26.9. The zero-order chi connectivity index (χ0) is 25.6. The molecule has 0 amide bonds. The van der Waals surface area contributed by atoms with Crippen LogP contribution in [-0.4, -0.2) is 48.8 Å². The highest BCUT2D eigenvalue weighted by molar-refractivity contribution is 5.86. The standard InChI is InChI=1S/C27H24N4O6/c1-2-35-27(32)24-16-36-25(29-24)17-37-26-22(14-28)21(19-7-10-34-15-19)13-23(30-26)18-3-5-20(6-4-18)31-8-11-33-12-9-31/h3-7,10,13,15-16H,2,8-9,11-12,17H2,1H3. The summed E-state index contributed by atoms with van der Waals surface area (Å²) in [7, 11) is 0. The molecule has 0 aliphatic carbocycles. The van der Waals surface area contributed by atoms with E-state index in [-0.39, 0.29) is 36.2 Å². The molecule has 0 atom stereocenters. The molecule has 3 aromatic heterocycles. The van der Waals surface area contributed by atoms with Crippen molar-refractivity contribution in [2.45, 2.75) is 13.5 Å². The van der Waals surface area contributed by atoms with Gasteiger partial charge in [-0.15, -0.1) is 0 Å². The lowest BCUT2D eigenvalue weighted by Gasteiger charge is -2.28. The van der Waals surface area contributed by atoms with Crippen molar-refractivity contribution >= 4 is 11.7 Å². The van der Waals surface area contributed by atoms with Crippen molar-refractivity contribution in [2.75, 3.05) is 37.8 Å². The number of carbonyl (C=O) groups is 1. The van der Waals surface area contributed by atoms with Crippen LogP contribution < -0.4 is 9.64 Å². The van der Waals surface area contributed by atoms with E-state index in [9.17, 15) is 10.1 Å². The summed E-state index contributed by atoms with van der Waals surface area (Å²) in [6.07, 6.45) is 4.31. The van der Waals surface area contributed by atoms with Crippen molar-refractivity contribution in [3.63, 3.8) is 0 Å². The molecule has 1 fully saturated rings. The van der Waals surface area contributed by atoms with Gasteiger partial charge in [0, 0.05) is 35.5 Å². The highest BCUT2D eigenvalue weighted by atomic mass is 16.5. The molecule has 1 saturated heterocycles. The third-order valence-electron chi connectivity index (χ3n) is 5.84. The second-order valence-corrected chi connectivity index (χ2v) is 8.14. The molecule has 0 N–H and O–H groups in total. The quantitative estimate of drug-likeness (QED) is 0.320. The SMILES string of the molecule is CCOC(=O)c1coc(COc2nc(-c3ccc(N4CCOCC4)cc3)cc(-c3ccoc3)c2C#N)n1. The van der Waals surface area contributed by atoms with Gasteiger partial charge in [-0.25, -0.2) is 14.8 Å². The third kappa shape index (κ3) is 5.32. The van der Waals surface area contributed by atoms with Crippen molar-refractivity contribution in [1.82, 2.24) is 9.97 Å². The molecule has 10 nitrogen and oxygen atoms in total. The molecule has 0 bridgehead atoms. The second kappa shape index (κ2) is 11.0. The van der Waals surface area contributed by atoms with Crippen LogP contribution in [0.1, 0.15) is 28.9 Å². The monoisotopic (exact) mass is 500 g/mol. The molecule has 5 rings (SSSR count). The van der Waals surface area contributed by atoms with Crippen LogP contribution in [0, 0.1) is 11.3 Å². The number of oxazole rings is 1. The average Bonchev–Trinajstić information content (AvgIpc) is 3.65. The fourth-order valence-corrected chi connectivity index (χ4v) is 4.00. The molecule has 4 heterocycles. The number of rotatable bonds is 8. The van der Waals surface area contributed by atoms with E-state index in [2.05, 4.69) is 20.9 Å². The number of aromatic nitrogens is 2. The van der Waals surface area contributed by atoms with Gasteiger partial charge >= 0.3 is 5.97 Å². The first-order valence-electron chi connectivity index (χ1n) is 11.8. The fourth-order valence-electron chi connectivity index (χ4n) is 4.00. The minimum absolute atomic E-state index is 0.0436. The smallest absolute Gasteiger partial charge is 0.360 e. The molecule has 0 spiro atoms. The van der Waals surface area contributed by atoms with Crippen molar-refractivity contribution in [2.24, 2.45) is 0 Å². The number of carbonyl (C=O) groups excluding carboxylic acids is 1. The molecule has 188 valence electrons. The Morgan fingerprint density at radius 1 is 1.11 bits per heavy atom. The van der Waals surface area contributed by atoms with Crippen LogP contribution >= 0.6 is 0 Å². The highest BCUT2D eigenvalue weighted by Crippen LogP contribution is 2.34. The maximum Gasteiger partial charge on any atom is 0.360 e. The summed E-state index contributed by atoms with van der Waals surface area (Å²) in [6.45, 7) is 4.90. The Morgan fingerprint density at radius 3 is 2.62 bits per heavy atom. The molecule has 4 aromatic rings. The van der Waals surface area contributed by atoms with E-state index in [0.717, 1.165) is 29.9 Å². The van der Waals surface area contributed by atoms with Crippen LogP contribution in [0.15, 0.2) is 64.0 Å². The second-order valence-electron chi connectivity index (χ2n) is 8.14. The lowest BCUT2D eigenvalue weighted by Crippen LogP contribution is -2.36. The number of ether oxygens (including phenoxy) is 3. The summed E-state index contributed by atoms with van der Waals surface area (Å²) >= 11 is 0. The summed E-state index contributed by atoms with van der Waals surface area (Å²) in [4.78, 5) is 22.9. The summed E-state index contributed by atoms with van der Waals surface area (Å²) in [5.74, 6) is -0.318. The minimum atomic E-state index is -0.585. The average molecular weight is 501 g/mol. The fraction of sp³-hybridized carbons (Fsp3) is 0.259. The first-order chi connectivity index (χ1) is 18.2. The largest absolute Gasteiger partial charge is 0.472 e. The number of hydrogen-bond donors (Lipinski definition) is 0.